The summed E-state index contributed by atoms with van der Waals surface area (Å²) in [4.78, 5) is 76.4. The highest BCUT2D eigenvalue weighted by atomic mass is 32.1. The van der Waals surface area contributed by atoms with Gasteiger partial charge in [-0.3, -0.25) is 28.9 Å². The number of unbranched alkanes of at least 4 members (excludes halogenated alkanes) is 3. The molecule has 0 radical (unpaired) electrons. The monoisotopic (exact) mass is 868 g/mol. The van der Waals surface area contributed by atoms with Gasteiger partial charge in [-0.25, -0.2) is 4.98 Å². The molecule has 5 N–H and O–H groups in total. The molecule has 2 aromatic rings. The first-order valence-electron chi connectivity index (χ1n) is 22.7. The molecular weight excluding hydrogens is 791 g/mol. The first kappa shape index (κ1) is 51.3. The number of hydrogen-bond acceptors (Lipinski definition) is 9. The molecule has 1 aliphatic heterocycles. The average molecular weight is 868 g/mol. The smallest absolute Gasteiger partial charge is 0.309 e. The normalized spacial score (nSPS) is 17.2. The number of thiazole rings is 1. The van der Waals surface area contributed by atoms with Crippen molar-refractivity contribution >= 4 is 46.6 Å². The molecule has 2 heterocycles. The van der Waals surface area contributed by atoms with Gasteiger partial charge in [-0.2, -0.15) is 0 Å². The van der Waals surface area contributed by atoms with Gasteiger partial charge >= 0.3 is 5.97 Å². The molecule has 0 saturated carbocycles. The average Bonchev–Trinajstić information content (AvgIpc) is 3.69. The lowest BCUT2D eigenvalue weighted by molar-refractivity contribution is -0.147. The number of hydrogen-bond donors (Lipinski definition) is 5. The molecule has 0 bridgehead atoms. The molecule has 61 heavy (non-hydrogen) atoms. The standard InChI is InChI=1S/C47H77N7O6S/c1-12-14-15-17-25-54(45(58)41(32(7)13-2)52-43(57)39-19-16-18-24-53(39)11)40(30(3)4)27-37(49-33(8)55)44-51-38(29-61-44)42(56)50-36(28-47(9,10)46(59)60)26-34-20-22-35(23-21-34)48-31(5)6/h20-23,29-32,36-37,39-41,48H,12-19,24-28H2,1-11H3,(H,49,55)(H,50,56)(H,52,57)(H,59,60)/t32-,36-,37+,39+,40+,41-/m0/s1. The van der Waals surface area contributed by atoms with Gasteiger partial charge in [0.25, 0.3) is 5.91 Å². The van der Waals surface area contributed by atoms with Crippen LogP contribution in [0, 0.1) is 17.3 Å². The zero-order valence-corrected chi connectivity index (χ0v) is 39.8. The lowest BCUT2D eigenvalue weighted by Crippen LogP contribution is -2.59. The van der Waals surface area contributed by atoms with E-state index in [9.17, 15) is 29.1 Å². The number of aromatic nitrogens is 1. The van der Waals surface area contributed by atoms with E-state index in [1.54, 1.807) is 19.2 Å². The van der Waals surface area contributed by atoms with E-state index in [0.717, 1.165) is 62.7 Å². The maximum atomic E-state index is 14.9. The van der Waals surface area contributed by atoms with Crippen LogP contribution < -0.4 is 21.3 Å². The van der Waals surface area contributed by atoms with E-state index in [1.165, 1.54) is 18.3 Å². The summed E-state index contributed by atoms with van der Waals surface area (Å²) >= 11 is 1.27. The van der Waals surface area contributed by atoms with Gasteiger partial charge in [0.2, 0.25) is 17.7 Å². The summed E-state index contributed by atoms with van der Waals surface area (Å²) in [6, 6.07) is 5.78. The van der Waals surface area contributed by atoms with E-state index in [4.69, 9.17) is 4.98 Å². The number of aliphatic carboxylic acids is 1. The van der Waals surface area contributed by atoms with Gasteiger partial charge in [0.05, 0.1) is 17.5 Å². The van der Waals surface area contributed by atoms with Gasteiger partial charge in [0.15, 0.2) is 0 Å². The summed E-state index contributed by atoms with van der Waals surface area (Å²) < 4.78 is 0. The van der Waals surface area contributed by atoms with Crippen LogP contribution in [-0.4, -0.2) is 99.8 Å². The van der Waals surface area contributed by atoms with Gasteiger partial charge in [-0.15, -0.1) is 11.3 Å². The second-order valence-electron chi connectivity index (χ2n) is 18.6. The minimum atomic E-state index is -1.10. The van der Waals surface area contributed by atoms with E-state index < -0.39 is 35.4 Å². The van der Waals surface area contributed by atoms with E-state index in [2.05, 4.69) is 60.8 Å². The van der Waals surface area contributed by atoms with Crippen molar-refractivity contribution in [3.8, 4) is 0 Å². The second kappa shape index (κ2) is 24.6. The molecule has 14 heteroatoms. The molecule has 4 amide bonds. The maximum absolute atomic E-state index is 14.9. The summed E-state index contributed by atoms with van der Waals surface area (Å²) in [5.41, 5.74) is 0.999. The Balaban J connectivity index is 1.94. The highest BCUT2D eigenvalue weighted by Gasteiger charge is 2.38. The quantitative estimate of drug-likeness (QED) is 0.0624. The largest absolute Gasteiger partial charge is 0.481 e. The van der Waals surface area contributed by atoms with Gasteiger partial charge < -0.3 is 31.3 Å². The minimum Gasteiger partial charge on any atom is -0.481 e. The second-order valence-corrected chi connectivity index (χ2v) is 19.5. The van der Waals surface area contributed by atoms with Gasteiger partial charge in [0, 0.05) is 42.7 Å². The fourth-order valence-corrected chi connectivity index (χ4v) is 9.04. The Hall–Kier alpha value is -4.04. The molecule has 13 nitrogen and oxygen atoms in total. The molecule has 1 aliphatic rings. The van der Waals surface area contributed by atoms with Crippen LogP contribution in [0.2, 0.25) is 0 Å². The predicted molar refractivity (Wildman–Crippen MR) is 246 cm³/mol. The Morgan fingerprint density at radius 3 is 2.23 bits per heavy atom. The number of carboxylic acid groups (broad SMARTS) is 1. The number of amides is 4. The Morgan fingerprint density at radius 2 is 1.66 bits per heavy atom. The molecule has 342 valence electrons. The van der Waals surface area contributed by atoms with Crippen molar-refractivity contribution in [2.24, 2.45) is 17.3 Å². The van der Waals surface area contributed by atoms with Gasteiger partial charge in [-0.1, -0.05) is 78.9 Å². The number of rotatable bonds is 25. The van der Waals surface area contributed by atoms with Crippen molar-refractivity contribution < 1.29 is 29.1 Å². The fraction of sp³-hybridized carbons (Fsp3) is 0.702. The number of piperidine rings is 1. The molecule has 0 spiro atoms. The number of likely N-dealkylation sites (N-methyl/N-ethyl adjacent to an activating group) is 1. The van der Waals surface area contributed by atoms with Crippen LogP contribution in [0.15, 0.2) is 29.6 Å². The summed E-state index contributed by atoms with van der Waals surface area (Å²) in [7, 11) is 1.97. The first-order valence-corrected chi connectivity index (χ1v) is 23.6. The van der Waals surface area contributed by atoms with Gasteiger partial charge in [0.1, 0.15) is 16.7 Å². The van der Waals surface area contributed by atoms with Crippen LogP contribution >= 0.6 is 11.3 Å². The number of carbonyl (C=O) groups is 5. The summed E-state index contributed by atoms with van der Waals surface area (Å²) in [6.07, 6.45) is 8.33. The molecular formula is C47H77N7O6S. The highest BCUT2D eigenvalue weighted by Crippen LogP contribution is 2.30. The molecule has 1 aromatic carbocycles. The Kier molecular flexibility index (Phi) is 20.7. The number of carboxylic acids is 1. The molecule has 1 aromatic heterocycles. The van der Waals surface area contributed by atoms with Gasteiger partial charge in [-0.05, 0) is 109 Å². The van der Waals surface area contributed by atoms with E-state index in [0.29, 0.717) is 30.8 Å². The molecule has 0 unspecified atom stereocenters. The van der Waals surface area contributed by atoms with Crippen molar-refractivity contribution in [3.05, 3.63) is 45.9 Å². The van der Waals surface area contributed by atoms with Crippen molar-refractivity contribution in [1.82, 2.24) is 30.7 Å². The summed E-state index contributed by atoms with van der Waals surface area (Å²) in [5.74, 6) is -1.99. The molecule has 1 saturated heterocycles. The highest BCUT2D eigenvalue weighted by molar-refractivity contribution is 7.09. The number of nitrogens with one attached hydrogen (secondary N) is 4. The zero-order valence-electron chi connectivity index (χ0n) is 38.9. The first-order chi connectivity index (χ1) is 28.8. The van der Waals surface area contributed by atoms with Crippen molar-refractivity contribution in [1.29, 1.82) is 0 Å². The van der Waals surface area contributed by atoms with Crippen LogP contribution in [0.4, 0.5) is 5.69 Å². The van der Waals surface area contributed by atoms with E-state index >= 15 is 0 Å². The number of benzene rings is 1. The molecule has 3 rings (SSSR count). The number of anilines is 1. The van der Waals surface area contributed by atoms with Crippen LogP contribution in [-0.2, 0) is 25.6 Å². The third kappa shape index (κ3) is 16.0. The topological polar surface area (TPSA) is 173 Å². The third-order valence-electron chi connectivity index (χ3n) is 12.0. The molecule has 1 fully saturated rings. The number of nitrogens with zero attached hydrogens (tertiary/aromatic N) is 3. The predicted octanol–water partition coefficient (Wildman–Crippen LogP) is 7.82. The fourth-order valence-electron chi connectivity index (χ4n) is 8.18. The molecule has 0 aliphatic carbocycles. The summed E-state index contributed by atoms with van der Waals surface area (Å²) in [5, 5.41) is 24.9. The maximum Gasteiger partial charge on any atom is 0.309 e. The molecule has 6 atom stereocenters. The van der Waals surface area contributed by atoms with Crippen LogP contribution in [0.25, 0.3) is 0 Å². The van der Waals surface area contributed by atoms with Crippen molar-refractivity contribution in [3.63, 3.8) is 0 Å². The van der Waals surface area contributed by atoms with Crippen LogP contribution in [0.5, 0.6) is 0 Å². The Bertz CT molecular complexity index is 1710. The minimum absolute atomic E-state index is 0.0135. The van der Waals surface area contributed by atoms with Crippen LogP contribution in [0.3, 0.4) is 0 Å². The number of carbonyl (C=O) groups excluding carboxylic acids is 4. The van der Waals surface area contributed by atoms with Crippen molar-refractivity contribution in [2.75, 3.05) is 25.5 Å². The van der Waals surface area contributed by atoms with Crippen molar-refractivity contribution in [2.45, 2.75) is 176 Å². The lowest BCUT2D eigenvalue weighted by atomic mass is 9.84. The van der Waals surface area contributed by atoms with E-state index in [-0.39, 0.29) is 59.8 Å². The summed E-state index contributed by atoms with van der Waals surface area (Å²) in [6.45, 7) is 20.6. The third-order valence-corrected chi connectivity index (χ3v) is 13.0. The number of likely N-dealkylation sites (tertiary alicyclic amines) is 1. The van der Waals surface area contributed by atoms with E-state index in [1.807, 2.05) is 50.1 Å². The lowest BCUT2D eigenvalue weighted by Gasteiger charge is -2.40. The van der Waals surface area contributed by atoms with Crippen LogP contribution in [0.1, 0.15) is 161 Å². The zero-order chi connectivity index (χ0) is 45.4. The Morgan fingerprint density at radius 1 is 0.967 bits per heavy atom. The Labute approximate surface area is 370 Å². The SMILES string of the molecule is CCCCCCN(C(=O)[C@@H](NC(=O)[C@H]1CCCCN1C)[C@@H](C)CC)[C@H](C[C@@H](NC(C)=O)c1nc(C(=O)N[C@@H](Cc2ccc(NC(C)C)cc2)CC(C)(C)C(=O)O)cs1)C(C)C.